The molecule has 3 aromatic rings. The molecule has 5 rings (SSSR count). The molecule has 0 heterocycles. The van der Waals surface area contributed by atoms with Crippen LogP contribution < -0.4 is 0 Å². The first-order chi connectivity index (χ1) is 21.4. The summed E-state index contributed by atoms with van der Waals surface area (Å²) in [6.45, 7) is 1.63. The summed E-state index contributed by atoms with van der Waals surface area (Å²) in [5.74, 6) is -2.13. The molecular weight excluding hydrogens is 587 g/mol. The van der Waals surface area contributed by atoms with E-state index in [0.717, 1.165) is 6.07 Å². The van der Waals surface area contributed by atoms with Crippen molar-refractivity contribution < 1.29 is 22.0 Å². The number of nitrogens with zero attached hydrogens (tertiary/aromatic N) is 6. The monoisotopic (exact) mass is 598 g/mol. The Morgan fingerprint density at radius 2 is 0.978 bits per heavy atom. The summed E-state index contributed by atoms with van der Waals surface area (Å²) in [5, 5.41) is 59.8. The summed E-state index contributed by atoms with van der Waals surface area (Å²) in [6, 6.07) is 19.0. The number of nitriles is 6. The third kappa shape index (κ3) is 4.50. The van der Waals surface area contributed by atoms with Crippen LogP contribution in [0.2, 0.25) is 0 Å². The van der Waals surface area contributed by atoms with Crippen LogP contribution in [0.4, 0.5) is 22.0 Å². The molecule has 6 nitrogen and oxygen atoms in total. The van der Waals surface area contributed by atoms with Gasteiger partial charge >= 0.3 is 6.18 Å². The summed E-state index contributed by atoms with van der Waals surface area (Å²) in [6.07, 6.45) is -4.88. The first-order valence-corrected chi connectivity index (χ1v) is 12.7. The van der Waals surface area contributed by atoms with Gasteiger partial charge in [0, 0.05) is 44.5 Å². The lowest BCUT2D eigenvalue weighted by Crippen LogP contribution is -2.06. The van der Waals surface area contributed by atoms with Gasteiger partial charge < -0.3 is 0 Å². The molecule has 0 saturated heterocycles. The van der Waals surface area contributed by atoms with Crippen LogP contribution in [-0.2, 0) is 6.18 Å². The molecule has 0 atom stereocenters. The highest BCUT2D eigenvalue weighted by Gasteiger charge is 2.39. The largest absolute Gasteiger partial charge is 0.416 e. The van der Waals surface area contributed by atoms with Crippen LogP contribution in [0.25, 0.3) is 33.4 Å². The highest BCUT2D eigenvalue weighted by atomic mass is 19.4. The van der Waals surface area contributed by atoms with E-state index in [0.29, 0.717) is 11.6 Å². The fraction of sp³-hybridized carbons (Fsp3) is 0.0588. The summed E-state index contributed by atoms with van der Waals surface area (Å²) < 4.78 is 70.5. The lowest BCUT2D eigenvalue weighted by molar-refractivity contribution is -0.137. The van der Waals surface area contributed by atoms with Crippen molar-refractivity contribution in [2.75, 3.05) is 0 Å². The number of aryl methyl sites for hydroxylation is 1. The minimum Gasteiger partial charge on any atom is -0.206 e. The van der Waals surface area contributed by atoms with Crippen LogP contribution in [0.1, 0.15) is 44.5 Å². The fourth-order valence-electron chi connectivity index (χ4n) is 5.50. The Morgan fingerprint density at radius 1 is 0.556 bits per heavy atom. The van der Waals surface area contributed by atoms with E-state index in [9.17, 15) is 44.7 Å². The van der Waals surface area contributed by atoms with Crippen molar-refractivity contribution in [1.82, 2.24) is 0 Å². The molecule has 0 N–H and O–H groups in total. The van der Waals surface area contributed by atoms with Crippen LogP contribution in [-0.4, -0.2) is 0 Å². The summed E-state index contributed by atoms with van der Waals surface area (Å²) >= 11 is 0. The van der Waals surface area contributed by atoms with Crippen molar-refractivity contribution in [2.45, 2.75) is 13.1 Å². The van der Waals surface area contributed by atoms with Crippen molar-refractivity contribution >= 4 is 33.4 Å². The normalized spacial score (nSPS) is 13.2. The first kappa shape index (κ1) is 29.7. The van der Waals surface area contributed by atoms with E-state index in [-0.39, 0.29) is 67.3 Å². The number of alkyl halides is 3. The average molecular weight is 598 g/mol. The lowest BCUT2D eigenvalue weighted by Gasteiger charge is -2.12. The van der Waals surface area contributed by atoms with Gasteiger partial charge in [0.2, 0.25) is 0 Å². The van der Waals surface area contributed by atoms with Gasteiger partial charge in [-0.1, -0.05) is 18.2 Å². The van der Waals surface area contributed by atoms with Crippen LogP contribution >= 0.6 is 0 Å². The van der Waals surface area contributed by atoms with Gasteiger partial charge in [0.25, 0.3) is 0 Å². The van der Waals surface area contributed by atoms with Crippen molar-refractivity contribution in [1.29, 1.82) is 31.6 Å². The molecule has 45 heavy (non-hydrogen) atoms. The number of allylic oxidation sites excluding steroid dienone is 8. The van der Waals surface area contributed by atoms with E-state index in [1.54, 1.807) is 37.3 Å². The Bertz CT molecular complexity index is 2260. The van der Waals surface area contributed by atoms with Crippen LogP contribution in [0.15, 0.2) is 59.7 Å². The zero-order chi connectivity index (χ0) is 32.8. The SMILES string of the molecule is Cc1ccc(C2=C(C#N)c3cc4c(cc3C2=C(C#N)C#N)C(C#N)=C(c2ccc(C(F)(F)F)cc2F)C4=C(C#N)C#N)c(F)c1. The predicted octanol–water partition coefficient (Wildman–Crippen LogP) is 7.79. The van der Waals surface area contributed by atoms with Gasteiger partial charge in [0.1, 0.15) is 59.2 Å². The maximum atomic E-state index is 15.3. The third-order valence-corrected chi connectivity index (χ3v) is 7.37. The van der Waals surface area contributed by atoms with Gasteiger partial charge in [-0.15, -0.1) is 0 Å². The van der Waals surface area contributed by atoms with Crippen LogP contribution in [0.3, 0.4) is 0 Å². The lowest BCUT2D eigenvalue weighted by atomic mass is 9.89. The molecule has 0 radical (unpaired) electrons. The number of fused-ring (bicyclic) bond motifs is 2. The molecule has 0 aliphatic heterocycles. The maximum absolute atomic E-state index is 15.3. The van der Waals surface area contributed by atoms with E-state index in [2.05, 4.69) is 0 Å². The van der Waals surface area contributed by atoms with Gasteiger partial charge in [-0.3, -0.25) is 0 Å². The molecule has 0 saturated carbocycles. The van der Waals surface area contributed by atoms with E-state index in [1.807, 2.05) is 12.1 Å². The second-order valence-electron chi connectivity index (χ2n) is 9.79. The highest BCUT2D eigenvalue weighted by molar-refractivity contribution is 6.29. The van der Waals surface area contributed by atoms with Gasteiger partial charge in [-0.2, -0.15) is 44.7 Å². The van der Waals surface area contributed by atoms with E-state index >= 15 is 8.78 Å². The molecule has 0 unspecified atom stereocenters. The topological polar surface area (TPSA) is 143 Å². The van der Waals surface area contributed by atoms with Crippen molar-refractivity contribution in [3.05, 3.63) is 116 Å². The van der Waals surface area contributed by atoms with Gasteiger partial charge in [-0.05, 0) is 53.9 Å². The second kappa shape index (κ2) is 10.8. The zero-order valence-corrected chi connectivity index (χ0v) is 22.7. The number of halogens is 5. The molecule has 0 bridgehead atoms. The Morgan fingerprint density at radius 3 is 1.33 bits per heavy atom. The average Bonchev–Trinajstić information content (AvgIpc) is 3.48. The van der Waals surface area contributed by atoms with Gasteiger partial charge in [-0.25, -0.2) is 8.78 Å². The molecule has 0 fully saturated rings. The Kier molecular flexibility index (Phi) is 7.13. The maximum Gasteiger partial charge on any atom is 0.416 e. The Balaban J connectivity index is 1.92. The molecule has 2 aliphatic carbocycles. The zero-order valence-electron chi connectivity index (χ0n) is 22.7. The van der Waals surface area contributed by atoms with Crippen LogP contribution in [0, 0.1) is 86.5 Å². The van der Waals surface area contributed by atoms with E-state index < -0.39 is 40.1 Å². The Labute approximate surface area is 252 Å². The van der Waals surface area contributed by atoms with Gasteiger partial charge in [0.05, 0.1) is 16.7 Å². The minimum absolute atomic E-state index is 0.00843. The number of hydrogen-bond donors (Lipinski definition) is 0. The number of hydrogen-bond acceptors (Lipinski definition) is 6. The third-order valence-electron chi connectivity index (χ3n) is 7.37. The summed E-state index contributed by atoms with van der Waals surface area (Å²) in [4.78, 5) is 0. The highest BCUT2D eigenvalue weighted by Crippen LogP contribution is 2.55. The standard InChI is InChI=1S/C34H11F5N6/c1-16-2-4-20(28(35)6-16)32-26(14-44)22-8-25-23(9-24(22)30(32)17(10-40)11-41)27(15-45)33(31(25)18(12-42)13-43)21-5-3-19(7-29(21)36)34(37,38)39/h2-9H,1H3. The van der Waals surface area contributed by atoms with E-state index in [1.165, 1.54) is 24.3 Å². The van der Waals surface area contributed by atoms with Crippen molar-refractivity contribution in [3.8, 4) is 36.4 Å². The number of benzene rings is 3. The molecule has 3 aromatic carbocycles. The first-order valence-electron chi connectivity index (χ1n) is 12.7. The number of rotatable bonds is 2. The molecule has 2 aliphatic rings. The van der Waals surface area contributed by atoms with Gasteiger partial charge in [0.15, 0.2) is 0 Å². The van der Waals surface area contributed by atoms with Crippen molar-refractivity contribution in [3.63, 3.8) is 0 Å². The molecule has 212 valence electrons. The van der Waals surface area contributed by atoms with E-state index in [4.69, 9.17) is 0 Å². The summed E-state index contributed by atoms with van der Waals surface area (Å²) in [5.41, 5.74) is -3.64. The molecule has 0 amide bonds. The van der Waals surface area contributed by atoms with Crippen molar-refractivity contribution in [2.24, 2.45) is 0 Å². The quantitative estimate of drug-likeness (QED) is 0.218. The second-order valence-corrected chi connectivity index (χ2v) is 9.79. The fourth-order valence-corrected chi connectivity index (χ4v) is 5.50. The van der Waals surface area contributed by atoms with Crippen LogP contribution in [0.5, 0.6) is 0 Å². The molecule has 0 spiro atoms. The molecule has 11 heteroatoms. The smallest absolute Gasteiger partial charge is 0.206 e. The molecule has 0 aromatic heterocycles. The molecular formula is C34H11F5N6. The summed E-state index contributed by atoms with van der Waals surface area (Å²) in [7, 11) is 0. The predicted molar refractivity (Wildman–Crippen MR) is 150 cm³/mol. The minimum atomic E-state index is -4.88. The Hall–Kier alpha value is -6.79.